The molecule has 1 aromatic carbocycles. The molecule has 0 unspecified atom stereocenters. The molecule has 2 rings (SSSR count). The van der Waals surface area contributed by atoms with E-state index >= 15 is 0 Å². The number of carbonyl (C=O) groups is 1. The van der Waals surface area contributed by atoms with Crippen LogP contribution in [0.4, 0.5) is 11.4 Å². The Labute approximate surface area is 94.7 Å². The third-order valence-electron chi connectivity index (χ3n) is 2.69. The van der Waals surface area contributed by atoms with Crippen LogP contribution in [0.5, 0.6) is 0 Å². The third kappa shape index (κ3) is 2.33. The van der Waals surface area contributed by atoms with Crippen molar-refractivity contribution in [3.63, 3.8) is 0 Å². The molecule has 1 aromatic rings. The van der Waals surface area contributed by atoms with Gasteiger partial charge in [-0.15, -0.1) is 0 Å². The molecule has 86 valence electrons. The molecule has 3 N–H and O–H groups in total. The summed E-state index contributed by atoms with van der Waals surface area (Å²) in [6.45, 7) is 1.99. The topological polar surface area (TPSA) is 61.4 Å². The van der Waals surface area contributed by atoms with Crippen molar-refractivity contribution < 1.29 is 9.90 Å². The van der Waals surface area contributed by atoms with Gasteiger partial charge in [-0.1, -0.05) is 6.07 Å². The lowest BCUT2D eigenvalue weighted by molar-refractivity contribution is -0.116. The minimum absolute atomic E-state index is 0.0114. The maximum Gasteiger partial charge on any atom is 0.224 e. The second-order valence-corrected chi connectivity index (χ2v) is 4.15. The van der Waals surface area contributed by atoms with Crippen LogP contribution in [0, 0.1) is 0 Å². The fourth-order valence-corrected chi connectivity index (χ4v) is 1.79. The molecule has 0 saturated carbocycles. The maximum absolute atomic E-state index is 11.2. The van der Waals surface area contributed by atoms with Gasteiger partial charge in [0.15, 0.2) is 0 Å². The zero-order valence-electron chi connectivity index (χ0n) is 9.29. The number of aliphatic hydroxyl groups excluding tert-OH is 1. The number of hydrogen-bond donors (Lipinski definition) is 3. The number of hydrogen-bond acceptors (Lipinski definition) is 3. The second-order valence-electron chi connectivity index (χ2n) is 4.15. The molecule has 1 amide bonds. The van der Waals surface area contributed by atoms with E-state index in [1.165, 1.54) is 5.56 Å². The van der Waals surface area contributed by atoms with E-state index in [9.17, 15) is 4.79 Å². The zero-order valence-corrected chi connectivity index (χ0v) is 9.29. The van der Waals surface area contributed by atoms with Gasteiger partial charge in [0.1, 0.15) is 0 Å². The average molecular weight is 220 g/mol. The molecular weight excluding hydrogens is 204 g/mol. The molecule has 0 bridgehead atoms. The average Bonchev–Trinajstić information content (AvgIpc) is 2.28. The summed E-state index contributed by atoms with van der Waals surface area (Å²) >= 11 is 0. The first-order valence-electron chi connectivity index (χ1n) is 5.49. The summed E-state index contributed by atoms with van der Waals surface area (Å²) in [7, 11) is 0. The molecular formula is C12H16N2O2. The highest BCUT2D eigenvalue weighted by molar-refractivity contribution is 5.94. The Morgan fingerprint density at radius 3 is 3.06 bits per heavy atom. The van der Waals surface area contributed by atoms with Crippen LogP contribution >= 0.6 is 0 Å². The van der Waals surface area contributed by atoms with Crippen LogP contribution in [0.1, 0.15) is 18.9 Å². The number of benzene rings is 1. The van der Waals surface area contributed by atoms with Crippen molar-refractivity contribution in [1.29, 1.82) is 0 Å². The monoisotopic (exact) mass is 220 g/mol. The predicted octanol–water partition coefficient (Wildman–Crippen LogP) is 1.36. The van der Waals surface area contributed by atoms with Crippen molar-refractivity contribution in [3.05, 3.63) is 23.8 Å². The Morgan fingerprint density at radius 1 is 1.50 bits per heavy atom. The summed E-state index contributed by atoms with van der Waals surface area (Å²) in [5.41, 5.74) is 2.97. The molecule has 1 heterocycles. The van der Waals surface area contributed by atoms with Gasteiger partial charge in [0.2, 0.25) is 5.91 Å². The summed E-state index contributed by atoms with van der Waals surface area (Å²) in [5, 5.41) is 14.9. The Morgan fingerprint density at radius 2 is 2.31 bits per heavy atom. The number of rotatable bonds is 3. The van der Waals surface area contributed by atoms with E-state index in [1.807, 2.05) is 25.1 Å². The zero-order chi connectivity index (χ0) is 11.5. The van der Waals surface area contributed by atoms with Crippen LogP contribution in [0.25, 0.3) is 0 Å². The summed E-state index contributed by atoms with van der Waals surface area (Å²) in [6, 6.07) is 5.92. The molecule has 0 spiro atoms. The normalized spacial score (nSPS) is 16.2. The van der Waals surface area contributed by atoms with Crippen molar-refractivity contribution >= 4 is 17.3 Å². The highest BCUT2D eigenvalue weighted by atomic mass is 16.3. The molecule has 0 fully saturated rings. The molecule has 1 aliphatic heterocycles. The summed E-state index contributed by atoms with van der Waals surface area (Å²) in [4.78, 5) is 11.2. The fourth-order valence-electron chi connectivity index (χ4n) is 1.79. The SMILES string of the molecule is C[C@H](CO)Nc1ccc2c(c1)NC(=O)CC2. The number of amides is 1. The molecule has 4 nitrogen and oxygen atoms in total. The van der Waals surface area contributed by atoms with Gasteiger partial charge in [-0.25, -0.2) is 0 Å². The Bertz CT molecular complexity index is 404. The standard InChI is InChI=1S/C12H16N2O2/c1-8(7-15)13-10-4-2-9-3-5-12(16)14-11(9)6-10/h2,4,6,8,13,15H,3,5,7H2,1H3,(H,14,16)/t8-/m1/s1. The van der Waals surface area contributed by atoms with Crippen molar-refractivity contribution in [2.45, 2.75) is 25.8 Å². The minimum atomic E-state index is 0.0114. The lowest BCUT2D eigenvalue weighted by Crippen LogP contribution is -2.21. The highest BCUT2D eigenvalue weighted by Crippen LogP contribution is 2.26. The molecule has 0 aromatic heterocycles. The van der Waals surface area contributed by atoms with Gasteiger partial charge in [0.05, 0.1) is 6.61 Å². The quantitative estimate of drug-likeness (QED) is 0.721. The van der Waals surface area contributed by atoms with Gasteiger partial charge in [0, 0.05) is 23.8 Å². The van der Waals surface area contributed by atoms with Gasteiger partial charge >= 0.3 is 0 Å². The first-order valence-corrected chi connectivity index (χ1v) is 5.49. The molecule has 1 aliphatic rings. The molecule has 0 saturated heterocycles. The second kappa shape index (κ2) is 4.53. The van der Waals surface area contributed by atoms with E-state index in [1.54, 1.807) is 0 Å². The van der Waals surface area contributed by atoms with Crippen molar-refractivity contribution in [3.8, 4) is 0 Å². The van der Waals surface area contributed by atoms with Crippen LogP contribution in [0.2, 0.25) is 0 Å². The van der Waals surface area contributed by atoms with E-state index < -0.39 is 0 Å². The summed E-state index contributed by atoms with van der Waals surface area (Å²) in [6.07, 6.45) is 1.36. The summed E-state index contributed by atoms with van der Waals surface area (Å²) < 4.78 is 0. The van der Waals surface area contributed by atoms with Gasteiger partial charge in [-0.2, -0.15) is 0 Å². The Kier molecular flexibility index (Phi) is 3.10. The maximum atomic E-state index is 11.2. The Balaban J connectivity index is 2.18. The number of anilines is 2. The first-order chi connectivity index (χ1) is 7.69. The highest BCUT2D eigenvalue weighted by Gasteiger charge is 2.14. The van der Waals surface area contributed by atoms with Crippen LogP contribution in [0.3, 0.4) is 0 Å². The number of nitrogens with one attached hydrogen (secondary N) is 2. The van der Waals surface area contributed by atoms with Crippen molar-refractivity contribution in [2.24, 2.45) is 0 Å². The van der Waals surface area contributed by atoms with E-state index in [0.29, 0.717) is 6.42 Å². The van der Waals surface area contributed by atoms with Gasteiger partial charge in [0.25, 0.3) is 0 Å². The van der Waals surface area contributed by atoms with Crippen molar-refractivity contribution in [2.75, 3.05) is 17.2 Å². The van der Waals surface area contributed by atoms with Gasteiger partial charge in [-0.3, -0.25) is 4.79 Å². The molecule has 16 heavy (non-hydrogen) atoms. The predicted molar refractivity (Wildman–Crippen MR) is 63.6 cm³/mol. The number of fused-ring (bicyclic) bond motifs is 1. The first kappa shape index (κ1) is 11.0. The van der Waals surface area contributed by atoms with Gasteiger partial charge < -0.3 is 15.7 Å². The number of carbonyl (C=O) groups excluding carboxylic acids is 1. The fraction of sp³-hybridized carbons (Fsp3) is 0.417. The van der Waals surface area contributed by atoms with E-state index in [2.05, 4.69) is 10.6 Å². The molecule has 0 aliphatic carbocycles. The van der Waals surface area contributed by atoms with Crippen molar-refractivity contribution in [1.82, 2.24) is 0 Å². The van der Waals surface area contributed by atoms with Crippen LogP contribution in [-0.2, 0) is 11.2 Å². The van der Waals surface area contributed by atoms with E-state index in [0.717, 1.165) is 17.8 Å². The lowest BCUT2D eigenvalue weighted by Gasteiger charge is -2.19. The third-order valence-corrected chi connectivity index (χ3v) is 2.69. The van der Waals surface area contributed by atoms with Crippen LogP contribution in [-0.4, -0.2) is 23.7 Å². The van der Waals surface area contributed by atoms with Crippen LogP contribution < -0.4 is 10.6 Å². The smallest absolute Gasteiger partial charge is 0.224 e. The lowest BCUT2D eigenvalue weighted by atomic mass is 10.0. The number of aryl methyl sites for hydroxylation is 1. The van der Waals surface area contributed by atoms with Gasteiger partial charge in [-0.05, 0) is 31.0 Å². The minimum Gasteiger partial charge on any atom is -0.394 e. The summed E-state index contributed by atoms with van der Waals surface area (Å²) in [5.74, 6) is 0.0693. The molecule has 4 heteroatoms. The molecule has 0 radical (unpaired) electrons. The van der Waals surface area contributed by atoms with E-state index in [4.69, 9.17) is 5.11 Å². The number of aliphatic hydroxyl groups is 1. The molecule has 1 atom stereocenters. The largest absolute Gasteiger partial charge is 0.394 e. The Hall–Kier alpha value is -1.55. The van der Waals surface area contributed by atoms with E-state index in [-0.39, 0.29) is 18.6 Å². The van der Waals surface area contributed by atoms with Crippen LogP contribution in [0.15, 0.2) is 18.2 Å².